The number of aryl methyl sites for hydroxylation is 2. The SMILES string of the molecule is CNC(=O)C(=O)N1CC2CSc3c(cn(C)c3C(=O)Nc3ccc(F)c(C)c3)[S+]([O-])N[C@H]2C1. The minimum absolute atomic E-state index is 0.0448. The predicted octanol–water partition coefficient (Wildman–Crippen LogP) is 1.02. The van der Waals surface area contributed by atoms with Gasteiger partial charge in [0.25, 0.3) is 5.91 Å². The lowest BCUT2D eigenvalue weighted by Crippen LogP contribution is -2.44. The molecule has 2 aliphatic rings. The molecule has 3 atom stereocenters. The molecule has 0 spiro atoms. The average molecular weight is 494 g/mol. The van der Waals surface area contributed by atoms with Crippen molar-refractivity contribution in [3.05, 3.63) is 41.5 Å². The molecule has 0 saturated carbocycles. The molecule has 0 aliphatic carbocycles. The Balaban J connectivity index is 1.56. The summed E-state index contributed by atoms with van der Waals surface area (Å²) in [6, 6.07) is 4.09. The highest BCUT2D eigenvalue weighted by Crippen LogP contribution is 2.37. The van der Waals surface area contributed by atoms with E-state index in [1.54, 1.807) is 30.8 Å². The van der Waals surface area contributed by atoms with E-state index in [4.69, 9.17) is 0 Å². The maximum atomic E-state index is 13.6. The fourth-order valence-electron chi connectivity index (χ4n) is 4.00. The number of aromatic nitrogens is 1. The van der Waals surface area contributed by atoms with Gasteiger partial charge in [0.2, 0.25) is 4.90 Å². The van der Waals surface area contributed by atoms with Crippen LogP contribution in [-0.2, 0) is 28.0 Å². The van der Waals surface area contributed by atoms with E-state index >= 15 is 0 Å². The van der Waals surface area contributed by atoms with E-state index in [0.29, 0.717) is 39.0 Å². The van der Waals surface area contributed by atoms with Gasteiger partial charge in [0.05, 0.1) is 28.5 Å². The molecule has 1 saturated heterocycles. The Bertz CT molecular complexity index is 1120. The third-order valence-corrected chi connectivity index (χ3v) is 8.43. The third kappa shape index (κ3) is 4.60. The zero-order valence-corrected chi connectivity index (χ0v) is 19.9. The smallest absolute Gasteiger partial charge is 0.311 e. The molecule has 2 aromatic rings. The molecule has 2 unspecified atom stereocenters. The standard InChI is InChI=1S/C21H24FN5O4S2/c1-11-6-13(4-5-14(11)22)24-19(28)17-18-16(9-26(17)3)33(31)25-15-8-27(7-12(15)10-32-18)21(30)20(29)23-2/h4-6,9,12,15,25H,7-8,10H2,1-3H3,(H,23,29)(H,24,28)/t12?,15-,33?/m0/s1. The van der Waals surface area contributed by atoms with Crippen LogP contribution >= 0.6 is 11.8 Å². The molecule has 0 radical (unpaired) electrons. The van der Waals surface area contributed by atoms with E-state index in [-0.39, 0.29) is 24.3 Å². The Labute approximate surface area is 197 Å². The molecule has 2 aliphatic heterocycles. The molecular weight excluding hydrogens is 469 g/mol. The average Bonchev–Trinajstić information content (AvgIpc) is 3.32. The van der Waals surface area contributed by atoms with Gasteiger partial charge in [-0.2, -0.15) is 0 Å². The number of carbonyl (C=O) groups excluding carboxylic acids is 3. The van der Waals surface area contributed by atoms with Crippen molar-refractivity contribution < 1.29 is 23.3 Å². The van der Waals surface area contributed by atoms with Gasteiger partial charge in [-0.15, -0.1) is 16.5 Å². The molecule has 4 rings (SSSR count). The van der Waals surface area contributed by atoms with Crippen molar-refractivity contribution in [2.45, 2.75) is 22.8 Å². The molecule has 3 heterocycles. The number of fused-ring (bicyclic) bond motifs is 2. The first-order valence-electron chi connectivity index (χ1n) is 10.3. The summed E-state index contributed by atoms with van der Waals surface area (Å²) in [4.78, 5) is 39.6. The van der Waals surface area contributed by atoms with Gasteiger partial charge >= 0.3 is 11.8 Å². The highest BCUT2D eigenvalue weighted by Gasteiger charge is 2.42. The van der Waals surface area contributed by atoms with Crippen LogP contribution in [-0.4, -0.2) is 63.7 Å². The molecule has 1 aromatic heterocycles. The summed E-state index contributed by atoms with van der Waals surface area (Å²) in [5.74, 6) is -1.53. The van der Waals surface area contributed by atoms with E-state index in [1.165, 1.54) is 35.8 Å². The summed E-state index contributed by atoms with van der Waals surface area (Å²) in [5, 5.41) is 5.12. The number of halogens is 1. The molecule has 176 valence electrons. The van der Waals surface area contributed by atoms with Crippen LogP contribution in [0.3, 0.4) is 0 Å². The lowest BCUT2D eigenvalue weighted by Gasteiger charge is -2.23. The van der Waals surface area contributed by atoms with Gasteiger partial charge in [-0.25, -0.2) is 4.39 Å². The Morgan fingerprint density at radius 1 is 1.30 bits per heavy atom. The van der Waals surface area contributed by atoms with Gasteiger partial charge in [0.1, 0.15) is 11.5 Å². The monoisotopic (exact) mass is 493 g/mol. The van der Waals surface area contributed by atoms with Crippen LogP contribution in [0.1, 0.15) is 16.1 Å². The first kappa shape index (κ1) is 23.6. The van der Waals surface area contributed by atoms with Crippen molar-refractivity contribution in [1.82, 2.24) is 19.5 Å². The van der Waals surface area contributed by atoms with Gasteiger partial charge in [0.15, 0.2) is 0 Å². The fourth-order valence-corrected chi connectivity index (χ4v) is 6.88. The summed E-state index contributed by atoms with van der Waals surface area (Å²) >= 11 is -0.204. The van der Waals surface area contributed by atoms with Crippen molar-refractivity contribution in [3.8, 4) is 0 Å². The van der Waals surface area contributed by atoms with Crippen molar-refractivity contribution in [2.75, 3.05) is 31.2 Å². The predicted molar refractivity (Wildman–Crippen MR) is 123 cm³/mol. The van der Waals surface area contributed by atoms with E-state index in [2.05, 4.69) is 15.4 Å². The summed E-state index contributed by atoms with van der Waals surface area (Å²) in [6.07, 6.45) is 1.65. The van der Waals surface area contributed by atoms with Crippen molar-refractivity contribution in [3.63, 3.8) is 0 Å². The minimum atomic E-state index is -1.61. The zero-order chi connectivity index (χ0) is 23.9. The van der Waals surface area contributed by atoms with Gasteiger partial charge in [-0.3, -0.25) is 14.4 Å². The number of likely N-dealkylation sites (tertiary alicyclic amines) is 1. The number of thioether (sulfide) groups is 1. The third-order valence-electron chi connectivity index (χ3n) is 5.78. The Hall–Kier alpha value is -2.54. The van der Waals surface area contributed by atoms with Crippen molar-refractivity contribution >= 4 is 46.5 Å². The first-order valence-corrected chi connectivity index (χ1v) is 12.4. The fraction of sp³-hybridized carbons (Fsp3) is 0.381. The van der Waals surface area contributed by atoms with E-state index in [1.807, 2.05) is 0 Å². The van der Waals surface area contributed by atoms with Crippen LogP contribution in [0.5, 0.6) is 0 Å². The highest BCUT2D eigenvalue weighted by molar-refractivity contribution is 8.00. The van der Waals surface area contributed by atoms with Gasteiger partial charge in [-0.05, 0) is 30.7 Å². The van der Waals surface area contributed by atoms with Gasteiger partial charge in [0, 0.05) is 44.5 Å². The molecule has 3 amide bonds. The summed E-state index contributed by atoms with van der Waals surface area (Å²) < 4.78 is 31.4. The molecule has 33 heavy (non-hydrogen) atoms. The Morgan fingerprint density at radius 3 is 2.76 bits per heavy atom. The summed E-state index contributed by atoms with van der Waals surface area (Å²) in [6.45, 7) is 2.25. The summed E-state index contributed by atoms with van der Waals surface area (Å²) in [5.41, 5.74) is 1.22. The van der Waals surface area contributed by atoms with E-state index < -0.39 is 29.1 Å². The number of anilines is 1. The molecule has 3 N–H and O–H groups in total. The maximum absolute atomic E-state index is 13.6. The van der Waals surface area contributed by atoms with Crippen LogP contribution in [0.2, 0.25) is 0 Å². The second-order valence-electron chi connectivity index (χ2n) is 8.05. The van der Waals surface area contributed by atoms with Gasteiger partial charge in [-0.1, -0.05) is 0 Å². The Morgan fingerprint density at radius 2 is 2.06 bits per heavy atom. The van der Waals surface area contributed by atoms with Crippen LogP contribution in [0.4, 0.5) is 10.1 Å². The second kappa shape index (κ2) is 9.37. The normalized spacial score (nSPS) is 22.1. The zero-order valence-electron chi connectivity index (χ0n) is 18.3. The lowest BCUT2D eigenvalue weighted by molar-refractivity contribution is -0.144. The number of likely N-dealkylation sites (N-methyl/N-ethyl adjacent to an activating group) is 1. The molecule has 9 nitrogen and oxygen atoms in total. The molecule has 0 bridgehead atoms. The van der Waals surface area contributed by atoms with E-state index in [9.17, 15) is 23.3 Å². The number of amides is 3. The number of nitrogens with one attached hydrogen (secondary N) is 3. The number of hydrogen-bond acceptors (Lipinski definition) is 6. The quantitative estimate of drug-likeness (QED) is 0.425. The van der Waals surface area contributed by atoms with E-state index in [0.717, 1.165) is 0 Å². The van der Waals surface area contributed by atoms with Crippen molar-refractivity contribution in [1.29, 1.82) is 0 Å². The number of carbonyl (C=O) groups is 3. The van der Waals surface area contributed by atoms with Crippen LogP contribution < -0.4 is 15.4 Å². The summed E-state index contributed by atoms with van der Waals surface area (Å²) in [7, 11) is 3.11. The van der Waals surface area contributed by atoms with Crippen LogP contribution in [0.25, 0.3) is 0 Å². The van der Waals surface area contributed by atoms with Crippen molar-refractivity contribution in [2.24, 2.45) is 13.0 Å². The Kier molecular flexibility index (Phi) is 6.71. The maximum Gasteiger partial charge on any atom is 0.311 e. The number of rotatable bonds is 2. The van der Waals surface area contributed by atoms with Crippen LogP contribution in [0, 0.1) is 18.7 Å². The highest BCUT2D eigenvalue weighted by atomic mass is 32.2. The molecular formula is C21H24FN5O4S2. The molecule has 12 heteroatoms. The number of benzene rings is 1. The molecule has 1 aromatic carbocycles. The van der Waals surface area contributed by atoms with Gasteiger partial charge < -0.3 is 24.7 Å². The first-order chi connectivity index (χ1) is 15.7. The lowest BCUT2D eigenvalue weighted by atomic mass is 10.1. The number of nitrogens with zero attached hydrogens (tertiary/aromatic N) is 2. The largest absolute Gasteiger partial charge is 0.593 e. The topological polar surface area (TPSA) is 119 Å². The number of hydrogen-bond donors (Lipinski definition) is 3. The second-order valence-corrected chi connectivity index (χ2v) is 10.3. The van der Waals surface area contributed by atoms with Crippen LogP contribution in [0.15, 0.2) is 34.2 Å². The minimum Gasteiger partial charge on any atom is -0.593 e. The molecule has 1 fully saturated rings.